The second-order valence-electron chi connectivity index (χ2n) is 6.57. The SMILES string of the molecule is CCc1cnc(CN(C)[C@@H]2CCN(C[C@@H](O)Cn3cccn3)C2)o1. The Morgan fingerprint density at radius 1 is 1.46 bits per heavy atom. The lowest BCUT2D eigenvalue weighted by Crippen LogP contribution is -2.37. The van der Waals surface area contributed by atoms with Crippen LogP contribution in [0, 0.1) is 0 Å². The van der Waals surface area contributed by atoms with Crippen molar-refractivity contribution in [2.24, 2.45) is 0 Å². The van der Waals surface area contributed by atoms with Gasteiger partial charge in [0.2, 0.25) is 5.89 Å². The van der Waals surface area contributed by atoms with Crippen molar-refractivity contribution in [3.8, 4) is 0 Å². The van der Waals surface area contributed by atoms with E-state index in [-0.39, 0.29) is 0 Å². The number of β-amino-alcohol motifs (C(OH)–C–C–N with tert-alkyl or cyclic N) is 1. The first-order valence-corrected chi connectivity index (χ1v) is 8.65. The number of aryl methyl sites for hydroxylation is 1. The summed E-state index contributed by atoms with van der Waals surface area (Å²) < 4.78 is 7.47. The van der Waals surface area contributed by atoms with E-state index < -0.39 is 6.10 Å². The van der Waals surface area contributed by atoms with E-state index in [2.05, 4.69) is 33.9 Å². The van der Waals surface area contributed by atoms with E-state index in [1.165, 1.54) is 0 Å². The van der Waals surface area contributed by atoms with Crippen molar-refractivity contribution >= 4 is 0 Å². The zero-order chi connectivity index (χ0) is 16.9. The highest BCUT2D eigenvalue weighted by Crippen LogP contribution is 2.17. The number of nitrogens with zero attached hydrogens (tertiary/aromatic N) is 5. The maximum absolute atomic E-state index is 10.2. The van der Waals surface area contributed by atoms with Crippen LogP contribution in [0.1, 0.15) is 25.0 Å². The Morgan fingerprint density at radius 3 is 3.04 bits per heavy atom. The molecule has 0 bridgehead atoms. The molecule has 2 atom stereocenters. The molecule has 0 unspecified atom stereocenters. The quantitative estimate of drug-likeness (QED) is 0.777. The highest BCUT2D eigenvalue weighted by atomic mass is 16.4. The van der Waals surface area contributed by atoms with Gasteiger partial charge < -0.3 is 9.52 Å². The Bertz CT molecular complexity index is 612. The number of likely N-dealkylation sites (tertiary alicyclic amines) is 1. The molecule has 2 aromatic heterocycles. The fourth-order valence-electron chi connectivity index (χ4n) is 3.24. The zero-order valence-corrected chi connectivity index (χ0v) is 14.5. The minimum absolute atomic E-state index is 0.396. The van der Waals surface area contributed by atoms with Crippen LogP contribution in [0.5, 0.6) is 0 Å². The number of likely N-dealkylation sites (N-methyl/N-ethyl adjacent to an activating group) is 1. The van der Waals surface area contributed by atoms with Gasteiger partial charge >= 0.3 is 0 Å². The van der Waals surface area contributed by atoms with E-state index in [1.54, 1.807) is 10.9 Å². The van der Waals surface area contributed by atoms with Crippen LogP contribution in [0.4, 0.5) is 0 Å². The second-order valence-corrected chi connectivity index (χ2v) is 6.57. The van der Waals surface area contributed by atoms with Crippen LogP contribution in [0.15, 0.2) is 29.1 Å². The summed E-state index contributed by atoms with van der Waals surface area (Å²) in [5.41, 5.74) is 0. The smallest absolute Gasteiger partial charge is 0.208 e. The molecule has 1 aliphatic heterocycles. The summed E-state index contributed by atoms with van der Waals surface area (Å²) in [4.78, 5) is 8.95. The van der Waals surface area contributed by atoms with Gasteiger partial charge in [0.05, 0.1) is 25.4 Å². The van der Waals surface area contributed by atoms with Crippen LogP contribution < -0.4 is 0 Å². The molecule has 1 saturated heterocycles. The molecule has 0 spiro atoms. The molecule has 132 valence electrons. The Balaban J connectivity index is 1.44. The van der Waals surface area contributed by atoms with Gasteiger partial charge in [0, 0.05) is 37.9 Å². The predicted molar refractivity (Wildman–Crippen MR) is 90.4 cm³/mol. The van der Waals surface area contributed by atoms with Crippen molar-refractivity contribution < 1.29 is 9.52 Å². The van der Waals surface area contributed by atoms with Crippen LogP contribution in [-0.4, -0.2) is 68.5 Å². The van der Waals surface area contributed by atoms with E-state index in [9.17, 15) is 5.11 Å². The van der Waals surface area contributed by atoms with E-state index in [0.717, 1.165) is 44.1 Å². The summed E-state index contributed by atoms with van der Waals surface area (Å²) in [6, 6.07) is 2.35. The minimum Gasteiger partial charge on any atom is -0.444 e. The Morgan fingerprint density at radius 2 is 2.33 bits per heavy atom. The third-order valence-corrected chi connectivity index (χ3v) is 4.63. The molecule has 3 heterocycles. The summed E-state index contributed by atoms with van der Waals surface area (Å²) in [6.45, 7) is 6.00. The van der Waals surface area contributed by atoms with Crippen LogP contribution in [0.25, 0.3) is 0 Å². The van der Waals surface area contributed by atoms with Crippen molar-refractivity contribution in [1.29, 1.82) is 0 Å². The topological polar surface area (TPSA) is 70.6 Å². The lowest BCUT2D eigenvalue weighted by atomic mass is 10.2. The molecule has 1 aliphatic rings. The van der Waals surface area contributed by atoms with Crippen molar-refractivity contribution in [2.45, 2.75) is 45.0 Å². The molecule has 24 heavy (non-hydrogen) atoms. The Labute approximate surface area is 142 Å². The zero-order valence-electron chi connectivity index (χ0n) is 14.5. The van der Waals surface area contributed by atoms with Gasteiger partial charge in [-0.25, -0.2) is 4.98 Å². The second kappa shape index (κ2) is 7.92. The number of oxazole rings is 1. The average Bonchev–Trinajstić information content (AvgIpc) is 3.28. The Kier molecular flexibility index (Phi) is 5.65. The molecule has 0 saturated carbocycles. The number of aromatic nitrogens is 3. The third kappa shape index (κ3) is 4.43. The molecule has 0 aliphatic carbocycles. The Hall–Kier alpha value is -1.70. The van der Waals surface area contributed by atoms with Crippen LogP contribution >= 0.6 is 0 Å². The predicted octanol–water partition coefficient (Wildman–Crippen LogP) is 1.00. The van der Waals surface area contributed by atoms with Crippen LogP contribution in [0.3, 0.4) is 0 Å². The summed E-state index contributed by atoms with van der Waals surface area (Å²) in [7, 11) is 2.12. The van der Waals surface area contributed by atoms with Crippen LogP contribution in [-0.2, 0) is 19.5 Å². The first-order chi connectivity index (χ1) is 11.6. The first kappa shape index (κ1) is 17.1. The van der Waals surface area contributed by atoms with E-state index in [4.69, 9.17) is 4.42 Å². The van der Waals surface area contributed by atoms with E-state index in [0.29, 0.717) is 19.1 Å². The molecule has 0 amide bonds. The molecule has 3 rings (SSSR count). The largest absolute Gasteiger partial charge is 0.444 e. The number of aliphatic hydroxyl groups is 1. The molecule has 1 fully saturated rings. The van der Waals surface area contributed by atoms with Gasteiger partial charge in [-0.2, -0.15) is 5.10 Å². The maximum Gasteiger partial charge on any atom is 0.208 e. The van der Waals surface area contributed by atoms with Gasteiger partial charge in [0.1, 0.15) is 5.76 Å². The molecule has 2 aromatic rings. The molecular formula is C17H27N5O2. The third-order valence-electron chi connectivity index (χ3n) is 4.63. The summed E-state index contributed by atoms with van der Waals surface area (Å²) in [6.07, 6.45) is 7.02. The van der Waals surface area contributed by atoms with Gasteiger partial charge in [0.25, 0.3) is 0 Å². The van der Waals surface area contributed by atoms with E-state index >= 15 is 0 Å². The van der Waals surface area contributed by atoms with Gasteiger partial charge in [0.15, 0.2) is 0 Å². The van der Waals surface area contributed by atoms with Crippen molar-refractivity contribution in [3.05, 3.63) is 36.3 Å². The van der Waals surface area contributed by atoms with Crippen molar-refractivity contribution in [2.75, 3.05) is 26.7 Å². The molecule has 7 nitrogen and oxygen atoms in total. The number of rotatable bonds is 8. The summed E-state index contributed by atoms with van der Waals surface area (Å²) in [5.74, 6) is 1.72. The van der Waals surface area contributed by atoms with Gasteiger partial charge in [-0.1, -0.05) is 6.92 Å². The molecule has 0 aromatic carbocycles. The molecule has 0 radical (unpaired) electrons. The van der Waals surface area contributed by atoms with Crippen molar-refractivity contribution in [3.63, 3.8) is 0 Å². The maximum atomic E-state index is 10.2. The average molecular weight is 333 g/mol. The van der Waals surface area contributed by atoms with E-state index in [1.807, 2.05) is 18.5 Å². The molecular weight excluding hydrogens is 306 g/mol. The van der Waals surface area contributed by atoms with Gasteiger partial charge in [-0.05, 0) is 26.1 Å². The van der Waals surface area contributed by atoms with Crippen molar-refractivity contribution in [1.82, 2.24) is 24.6 Å². The first-order valence-electron chi connectivity index (χ1n) is 8.65. The monoisotopic (exact) mass is 333 g/mol. The lowest BCUT2D eigenvalue weighted by Gasteiger charge is -2.24. The lowest BCUT2D eigenvalue weighted by molar-refractivity contribution is 0.101. The standard InChI is InChI=1S/C17H27N5O2/c1-3-16-9-18-17(24-16)13-20(2)14-5-8-21(10-14)11-15(23)12-22-7-4-6-19-22/h4,6-7,9,14-15,23H,3,5,8,10-13H2,1-2H3/t14-,15-/m1/s1. The fraction of sp³-hybridized carbons (Fsp3) is 0.647. The van der Waals surface area contributed by atoms with Gasteiger partial charge in [-0.15, -0.1) is 0 Å². The molecule has 1 N–H and O–H groups in total. The summed E-state index contributed by atoms with van der Waals surface area (Å²) >= 11 is 0. The van der Waals surface area contributed by atoms with Crippen LogP contribution in [0.2, 0.25) is 0 Å². The highest BCUT2D eigenvalue weighted by Gasteiger charge is 2.27. The number of hydrogen-bond acceptors (Lipinski definition) is 6. The summed E-state index contributed by atoms with van der Waals surface area (Å²) in [5, 5.41) is 14.4. The minimum atomic E-state index is -0.396. The molecule has 7 heteroatoms. The normalized spacial score (nSPS) is 20.1. The number of aliphatic hydroxyl groups excluding tert-OH is 1. The van der Waals surface area contributed by atoms with Gasteiger partial charge in [-0.3, -0.25) is 14.5 Å². The fourth-order valence-corrected chi connectivity index (χ4v) is 3.24. The number of hydrogen-bond donors (Lipinski definition) is 1. The highest BCUT2D eigenvalue weighted by molar-refractivity contribution is 4.94.